The number of aromatic nitrogens is 1. The molecular weight excluding hydrogens is 258 g/mol. The average Bonchev–Trinajstić information content (AvgIpc) is 2.41. The van der Waals surface area contributed by atoms with E-state index in [4.69, 9.17) is 16.9 Å². The van der Waals surface area contributed by atoms with Gasteiger partial charge in [-0.15, -0.1) is 0 Å². The fraction of sp³-hybridized carbons (Fsp3) is 0.200. The third-order valence-electron chi connectivity index (χ3n) is 2.77. The molecule has 0 radical (unpaired) electrons. The zero-order valence-corrected chi connectivity index (χ0v) is 11.4. The van der Waals surface area contributed by atoms with Gasteiger partial charge >= 0.3 is 0 Å². The number of anilines is 1. The second-order valence-corrected chi connectivity index (χ2v) is 4.70. The normalized spacial score (nSPS) is 9.95. The maximum atomic E-state index is 9.01. The Labute approximate surface area is 117 Å². The second kappa shape index (κ2) is 6.21. The number of nitriles is 1. The Morgan fingerprint density at radius 2 is 1.95 bits per heavy atom. The summed E-state index contributed by atoms with van der Waals surface area (Å²) < 4.78 is 0. The molecule has 1 heterocycles. The van der Waals surface area contributed by atoms with Crippen LogP contribution in [0, 0.1) is 18.3 Å². The number of pyridine rings is 1. The Morgan fingerprint density at radius 1 is 1.21 bits per heavy atom. The zero-order valence-electron chi connectivity index (χ0n) is 10.7. The lowest BCUT2D eigenvalue weighted by Crippen LogP contribution is -2.08. The van der Waals surface area contributed by atoms with Gasteiger partial charge in [0.25, 0.3) is 0 Å². The van der Waals surface area contributed by atoms with E-state index in [1.165, 1.54) is 5.56 Å². The number of nitrogens with zero attached hydrogens (tertiary/aromatic N) is 2. The van der Waals surface area contributed by atoms with Crippen LogP contribution >= 0.6 is 11.6 Å². The molecule has 0 atom stereocenters. The molecule has 19 heavy (non-hydrogen) atoms. The van der Waals surface area contributed by atoms with Crippen molar-refractivity contribution in [3.8, 4) is 6.07 Å². The van der Waals surface area contributed by atoms with Crippen molar-refractivity contribution in [2.24, 2.45) is 0 Å². The van der Waals surface area contributed by atoms with E-state index in [2.05, 4.69) is 16.4 Å². The van der Waals surface area contributed by atoms with Gasteiger partial charge in [0.05, 0.1) is 5.56 Å². The summed E-state index contributed by atoms with van der Waals surface area (Å²) in [5.41, 5.74) is 2.66. The molecule has 2 rings (SSSR count). The number of benzene rings is 1. The fourth-order valence-electron chi connectivity index (χ4n) is 1.76. The van der Waals surface area contributed by atoms with E-state index >= 15 is 0 Å². The van der Waals surface area contributed by atoms with Gasteiger partial charge in [0.1, 0.15) is 11.9 Å². The van der Waals surface area contributed by atoms with Crippen molar-refractivity contribution >= 4 is 17.4 Å². The molecule has 4 heteroatoms. The Kier molecular flexibility index (Phi) is 4.38. The van der Waals surface area contributed by atoms with Crippen molar-refractivity contribution in [2.45, 2.75) is 13.3 Å². The predicted octanol–water partition coefficient (Wildman–Crippen LogP) is 3.57. The molecule has 0 amide bonds. The molecule has 0 aliphatic carbocycles. The third kappa shape index (κ3) is 3.70. The molecule has 2 aromatic rings. The van der Waals surface area contributed by atoms with Gasteiger partial charge < -0.3 is 5.32 Å². The van der Waals surface area contributed by atoms with Gasteiger partial charge in [0.15, 0.2) is 0 Å². The van der Waals surface area contributed by atoms with Crippen LogP contribution in [0.25, 0.3) is 0 Å². The predicted molar refractivity (Wildman–Crippen MR) is 77.3 cm³/mol. The maximum Gasteiger partial charge on any atom is 0.144 e. The van der Waals surface area contributed by atoms with Crippen LogP contribution in [0.1, 0.15) is 16.8 Å². The fourth-order valence-corrected chi connectivity index (χ4v) is 1.88. The molecule has 1 aromatic heterocycles. The van der Waals surface area contributed by atoms with Crippen LogP contribution in [0.5, 0.6) is 0 Å². The van der Waals surface area contributed by atoms with Crippen LogP contribution in [-0.2, 0) is 6.42 Å². The van der Waals surface area contributed by atoms with Crippen LogP contribution in [0.3, 0.4) is 0 Å². The van der Waals surface area contributed by atoms with Crippen molar-refractivity contribution in [1.29, 1.82) is 5.26 Å². The highest BCUT2D eigenvalue weighted by molar-refractivity contribution is 6.30. The molecule has 0 saturated carbocycles. The van der Waals surface area contributed by atoms with E-state index in [1.54, 1.807) is 6.07 Å². The van der Waals surface area contributed by atoms with Gasteiger partial charge in [0.2, 0.25) is 0 Å². The quantitative estimate of drug-likeness (QED) is 0.925. The van der Waals surface area contributed by atoms with Crippen LogP contribution in [0.15, 0.2) is 36.4 Å². The van der Waals surface area contributed by atoms with Gasteiger partial charge in [-0.3, -0.25) is 0 Å². The van der Waals surface area contributed by atoms with Gasteiger partial charge in [-0.2, -0.15) is 5.26 Å². The van der Waals surface area contributed by atoms with Crippen LogP contribution in [-0.4, -0.2) is 11.5 Å². The zero-order chi connectivity index (χ0) is 13.7. The SMILES string of the molecule is Cc1ccc(C#N)c(NCCc2ccc(Cl)cc2)n1. The maximum absolute atomic E-state index is 9.01. The topological polar surface area (TPSA) is 48.7 Å². The highest BCUT2D eigenvalue weighted by Crippen LogP contribution is 2.13. The van der Waals surface area contributed by atoms with Crippen LogP contribution in [0.4, 0.5) is 5.82 Å². The van der Waals surface area contributed by atoms with Crippen molar-refractivity contribution in [3.05, 3.63) is 58.2 Å². The first kappa shape index (κ1) is 13.4. The number of hydrogen-bond donors (Lipinski definition) is 1. The van der Waals surface area contributed by atoms with Crippen molar-refractivity contribution in [2.75, 3.05) is 11.9 Å². The van der Waals surface area contributed by atoms with Crippen LogP contribution < -0.4 is 5.32 Å². The minimum atomic E-state index is 0.571. The van der Waals surface area contributed by atoms with Crippen molar-refractivity contribution in [3.63, 3.8) is 0 Å². The molecule has 1 N–H and O–H groups in total. The van der Waals surface area contributed by atoms with Crippen molar-refractivity contribution in [1.82, 2.24) is 4.98 Å². The van der Waals surface area contributed by atoms with Gasteiger partial charge in [-0.25, -0.2) is 4.98 Å². The van der Waals surface area contributed by atoms with E-state index < -0.39 is 0 Å². The van der Waals surface area contributed by atoms with E-state index in [-0.39, 0.29) is 0 Å². The largest absolute Gasteiger partial charge is 0.369 e. The first-order valence-electron chi connectivity index (χ1n) is 6.05. The summed E-state index contributed by atoms with van der Waals surface area (Å²) in [6, 6.07) is 13.5. The smallest absolute Gasteiger partial charge is 0.144 e. The van der Waals surface area contributed by atoms with E-state index in [9.17, 15) is 0 Å². The van der Waals surface area contributed by atoms with E-state index in [0.717, 1.165) is 23.7 Å². The highest BCUT2D eigenvalue weighted by Gasteiger charge is 2.03. The van der Waals surface area contributed by atoms with Crippen LogP contribution in [0.2, 0.25) is 5.02 Å². The molecule has 0 unspecified atom stereocenters. The minimum Gasteiger partial charge on any atom is -0.369 e. The average molecular weight is 272 g/mol. The molecule has 0 fully saturated rings. The first-order chi connectivity index (χ1) is 9.19. The Balaban J connectivity index is 1.98. The monoisotopic (exact) mass is 271 g/mol. The van der Waals surface area contributed by atoms with E-state index in [0.29, 0.717) is 11.4 Å². The summed E-state index contributed by atoms with van der Waals surface area (Å²) in [5.74, 6) is 0.650. The van der Waals surface area contributed by atoms with Gasteiger partial charge in [0, 0.05) is 17.3 Å². The molecule has 96 valence electrons. The van der Waals surface area contributed by atoms with E-state index in [1.807, 2.05) is 37.3 Å². The number of rotatable bonds is 4. The standard InChI is InChI=1S/C15H14ClN3/c1-11-2-5-13(10-17)15(19-11)18-9-8-12-3-6-14(16)7-4-12/h2-7H,8-9H2,1H3,(H,18,19). The van der Waals surface area contributed by atoms with Gasteiger partial charge in [-0.1, -0.05) is 23.7 Å². The Bertz CT molecular complexity index is 600. The minimum absolute atomic E-state index is 0.571. The number of halogens is 1. The lowest BCUT2D eigenvalue weighted by molar-refractivity contribution is 0.999. The molecule has 1 aromatic carbocycles. The molecule has 0 aliphatic heterocycles. The summed E-state index contributed by atoms with van der Waals surface area (Å²) in [4.78, 5) is 4.33. The number of aryl methyl sites for hydroxylation is 1. The summed E-state index contributed by atoms with van der Waals surface area (Å²) in [5, 5.41) is 13.0. The Hall–Kier alpha value is -2.05. The molecule has 0 spiro atoms. The summed E-state index contributed by atoms with van der Waals surface area (Å²) in [6.07, 6.45) is 0.859. The highest BCUT2D eigenvalue weighted by atomic mass is 35.5. The lowest BCUT2D eigenvalue weighted by Gasteiger charge is -2.08. The van der Waals surface area contributed by atoms with Crippen molar-refractivity contribution < 1.29 is 0 Å². The summed E-state index contributed by atoms with van der Waals surface area (Å²) in [7, 11) is 0. The molecular formula is C15H14ClN3. The Morgan fingerprint density at radius 3 is 2.63 bits per heavy atom. The number of hydrogen-bond acceptors (Lipinski definition) is 3. The second-order valence-electron chi connectivity index (χ2n) is 4.26. The molecule has 0 aliphatic rings. The first-order valence-corrected chi connectivity index (χ1v) is 6.43. The third-order valence-corrected chi connectivity index (χ3v) is 3.03. The molecule has 3 nitrogen and oxygen atoms in total. The van der Waals surface area contributed by atoms with Gasteiger partial charge in [-0.05, 0) is 43.2 Å². The molecule has 0 saturated heterocycles. The lowest BCUT2D eigenvalue weighted by atomic mass is 10.1. The number of nitrogens with one attached hydrogen (secondary N) is 1. The summed E-state index contributed by atoms with van der Waals surface area (Å²) in [6.45, 7) is 2.64. The summed E-state index contributed by atoms with van der Waals surface area (Å²) >= 11 is 5.84. The molecule has 0 bridgehead atoms.